The van der Waals surface area contributed by atoms with Crippen LogP contribution < -0.4 is 0 Å². The van der Waals surface area contributed by atoms with Gasteiger partial charge < -0.3 is 9.80 Å². The summed E-state index contributed by atoms with van der Waals surface area (Å²) in [5.41, 5.74) is 0. The van der Waals surface area contributed by atoms with Crippen molar-refractivity contribution in [3.8, 4) is 0 Å². The predicted molar refractivity (Wildman–Crippen MR) is 71.5 cm³/mol. The third-order valence-corrected chi connectivity index (χ3v) is 4.46. The van der Waals surface area contributed by atoms with Gasteiger partial charge in [-0.3, -0.25) is 4.79 Å². The third-order valence-electron chi connectivity index (χ3n) is 3.60. The number of rotatable bonds is 3. The van der Waals surface area contributed by atoms with Gasteiger partial charge in [0.2, 0.25) is 0 Å². The molecule has 2 rings (SSSR count). The number of hydrogen-bond acceptors (Lipinski definition) is 3. The molecule has 94 valence electrons. The molecule has 0 bridgehead atoms. The molecule has 1 fully saturated rings. The monoisotopic (exact) mass is 252 g/mol. The van der Waals surface area contributed by atoms with E-state index in [0.717, 1.165) is 37.4 Å². The van der Waals surface area contributed by atoms with Crippen LogP contribution in [-0.4, -0.2) is 48.4 Å². The van der Waals surface area contributed by atoms with Crippen molar-refractivity contribution in [1.29, 1.82) is 0 Å². The Balaban J connectivity index is 1.92. The minimum Gasteiger partial charge on any atom is -0.338 e. The van der Waals surface area contributed by atoms with Gasteiger partial charge in [-0.2, -0.15) is 0 Å². The van der Waals surface area contributed by atoms with Crippen LogP contribution in [0.1, 0.15) is 29.4 Å². The molecule has 1 aromatic rings. The maximum atomic E-state index is 12.2. The van der Waals surface area contributed by atoms with E-state index in [4.69, 9.17) is 0 Å². The number of nitrogens with zero attached hydrogens (tertiary/aromatic N) is 2. The van der Waals surface area contributed by atoms with Crippen LogP contribution in [0.4, 0.5) is 0 Å². The van der Waals surface area contributed by atoms with E-state index < -0.39 is 0 Å². The number of piperidine rings is 1. The number of amides is 1. The summed E-state index contributed by atoms with van der Waals surface area (Å²) in [4.78, 5) is 17.4. The van der Waals surface area contributed by atoms with Crippen LogP contribution >= 0.6 is 11.3 Å². The van der Waals surface area contributed by atoms with Gasteiger partial charge in [-0.25, -0.2) is 0 Å². The van der Waals surface area contributed by atoms with Gasteiger partial charge >= 0.3 is 0 Å². The average molecular weight is 252 g/mol. The van der Waals surface area contributed by atoms with Crippen LogP contribution in [0.15, 0.2) is 17.5 Å². The first-order valence-corrected chi connectivity index (χ1v) is 7.13. The van der Waals surface area contributed by atoms with E-state index in [2.05, 4.69) is 11.8 Å². The molecule has 1 amide bonds. The van der Waals surface area contributed by atoms with Crippen molar-refractivity contribution in [3.05, 3.63) is 22.4 Å². The fourth-order valence-electron chi connectivity index (χ4n) is 2.36. The maximum absolute atomic E-state index is 12.2. The first-order valence-electron chi connectivity index (χ1n) is 6.25. The van der Waals surface area contributed by atoms with Crippen LogP contribution in [0.25, 0.3) is 0 Å². The summed E-state index contributed by atoms with van der Waals surface area (Å²) < 4.78 is 0. The van der Waals surface area contributed by atoms with Gasteiger partial charge in [-0.1, -0.05) is 13.0 Å². The second kappa shape index (κ2) is 5.65. The van der Waals surface area contributed by atoms with E-state index in [1.54, 1.807) is 0 Å². The molecule has 0 aromatic carbocycles. The zero-order chi connectivity index (χ0) is 12.3. The lowest BCUT2D eigenvalue weighted by Crippen LogP contribution is -2.45. The molecule has 0 N–H and O–H groups in total. The minimum absolute atomic E-state index is 0.176. The fourth-order valence-corrected chi connectivity index (χ4v) is 3.07. The maximum Gasteiger partial charge on any atom is 0.263 e. The lowest BCUT2D eigenvalue weighted by Gasteiger charge is -2.36. The van der Waals surface area contributed by atoms with E-state index in [1.807, 2.05) is 29.5 Å². The summed E-state index contributed by atoms with van der Waals surface area (Å²) in [5, 5.41) is 1.96. The SMILES string of the molecule is CCN1CCC(N(C)C(=O)c2cccs2)CC1. The highest BCUT2D eigenvalue weighted by Crippen LogP contribution is 2.19. The lowest BCUT2D eigenvalue weighted by atomic mass is 10.0. The largest absolute Gasteiger partial charge is 0.338 e. The standard InChI is InChI=1S/C13H20N2OS/c1-3-15-8-6-11(7-9-15)14(2)13(16)12-5-4-10-17-12/h4-5,10-11H,3,6-9H2,1-2H3. The summed E-state index contributed by atoms with van der Waals surface area (Å²) in [6, 6.07) is 4.25. The molecule has 1 aliphatic heterocycles. The van der Waals surface area contributed by atoms with E-state index in [0.29, 0.717) is 6.04 Å². The van der Waals surface area contributed by atoms with Crippen molar-refractivity contribution >= 4 is 17.2 Å². The Morgan fingerprint density at radius 1 is 1.53 bits per heavy atom. The van der Waals surface area contributed by atoms with Crippen LogP contribution in [0, 0.1) is 0 Å². The Kier molecular flexibility index (Phi) is 4.18. The van der Waals surface area contributed by atoms with Gasteiger partial charge in [0.1, 0.15) is 0 Å². The van der Waals surface area contributed by atoms with E-state index in [-0.39, 0.29) is 5.91 Å². The quantitative estimate of drug-likeness (QED) is 0.824. The molecule has 17 heavy (non-hydrogen) atoms. The van der Waals surface area contributed by atoms with Gasteiger partial charge in [-0.05, 0) is 30.8 Å². The molecular formula is C13H20N2OS. The lowest BCUT2D eigenvalue weighted by molar-refractivity contribution is 0.0651. The molecule has 1 aliphatic rings. The summed E-state index contributed by atoms with van der Waals surface area (Å²) in [6.07, 6.45) is 2.20. The Bertz CT molecular complexity index is 356. The molecule has 0 saturated carbocycles. The second-order valence-corrected chi connectivity index (χ2v) is 5.51. The molecule has 3 nitrogen and oxygen atoms in total. The number of carbonyl (C=O) groups is 1. The van der Waals surface area contributed by atoms with Crippen LogP contribution in [0.5, 0.6) is 0 Å². The minimum atomic E-state index is 0.176. The average Bonchev–Trinajstić information content (AvgIpc) is 2.91. The van der Waals surface area contributed by atoms with Gasteiger partial charge in [0.05, 0.1) is 4.88 Å². The summed E-state index contributed by atoms with van der Waals surface area (Å²) >= 11 is 1.53. The van der Waals surface area contributed by atoms with Crippen molar-refractivity contribution in [2.45, 2.75) is 25.8 Å². The highest BCUT2D eigenvalue weighted by molar-refractivity contribution is 7.12. The van der Waals surface area contributed by atoms with Crippen LogP contribution in [0.3, 0.4) is 0 Å². The first-order chi connectivity index (χ1) is 8.22. The molecule has 1 aromatic heterocycles. The third kappa shape index (κ3) is 2.87. The van der Waals surface area contributed by atoms with Gasteiger partial charge in [0.25, 0.3) is 5.91 Å². The van der Waals surface area contributed by atoms with Gasteiger partial charge in [0.15, 0.2) is 0 Å². The van der Waals surface area contributed by atoms with Crippen molar-refractivity contribution < 1.29 is 4.79 Å². The van der Waals surface area contributed by atoms with Crippen molar-refractivity contribution in [1.82, 2.24) is 9.80 Å². The highest BCUT2D eigenvalue weighted by Gasteiger charge is 2.25. The Hall–Kier alpha value is -0.870. The number of thiophene rings is 1. The summed E-state index contributed by atoms with van der Waals surface area (Å²) in [5.74, 6) is 0.176. The zero-order valence-electron chi connectivity index (χ0n) is 10.6. The molecule has 4 heteroatoms. The predicted octanol–water partition coefficient (Wildman–Crippen LogP) is 2.30. The second-order valence-electron chi connectivity index (χ2n) is 4.56. The zero-order valence-corrected chi connectivity index (χ0v) is 11.4. The van der Waals surface area contributed by atoms with Gasteiger partial charge in [0, 0.05) is 26.2 Å². The molecule has 2 heterocycles. The number of hydrogen-bond donors (Lipinski definition) is 0. The normalized spacial score (nSPS) is 18.2. The number of carbonyl (C=O) groups excluding carboxylic acids is 1. The molecule has 0 spiro atoms. The Morgan fingerprint density at radius 2 is 2.24 bits per heavy atom. The summed E-state index contributed by atoms with van der Waals surface area (Å²) in [7, 11) is 1.94. The Morgan fingerprint density at radius 3 is 2.76 bits per heavy atom. The first kappa shape index (κ1) is 12.6. The number of likely N-dealkylation sites (tertiary alicyclic amines) is 1. The van der Waals surface area contributed by atoms with Crippen molar-refractivity contribution in [2.75, 3.05) is 26.7 Å². The van der Waals surface area contributed by atoms with Crippen LogP contribution in [0.2, 0.25) is 0 Å². The molecule has 1 saturated heterocycles. The molecule has 0 atom stereocenters. The highest BCUT2D eigenvalue weighted by atomic mass is 32.1. The summed E-state index contributed by atoms with van der Waals surface area (Å²) in [6.45, 7) is 5.54. The molecule has 0 aliphatic carbocycles. The van der Waals surface area contributed by atoms with E-state index >= 15 is 0 Å². The van der Waals surface area contributed by atoms with E-state index in [1.165, 1.54) is 11.3 Å². The Labute approximate surface area is 107 Å². The molecule has 0 unspecified atom stereocenters. The molecular weight excluding hydrogens is 232 g/mol. The fraction of sp³-hybridized carbons (Fsp3) is 0.615. The van der Waals surface area contributed by atoms with Gasteiger partial charge in [-0.15, -0.1) is 11.3 Å². The molecule has 0 radical (unpaired) electrons. The van der Waals surface area contributed by atoms with E-state index in [9.17, 15) is 4.79 Å². The van der Waals surface area contributed by atoms with Crippen molar-refractivity contribution in [3.63, 3.8) is 0 Å². The van der Waals surface area contributed by atoms with Crippen LogP contribution in [-0.2, 0) is 0 Å². The smallest absolute Gasteiger partial charge is 0.263 e. The topological polar surface area (TPSA) is 23.6 Å². The van der Waals surface area contributed by atoms with Crippen molar-refractivity contribution in [2.24, 2.45) is 0 Å².